The SMILES string of the molecule is COc1ccccc1NS(=O)(=O)c1cc([N+](=O)[O-])ccc1NN=C(C)c1ccc(F)cc1. The summed E-state index contributed by atoms with van der Waals surface area (Å²) in [5.74, 6) is -0.123. The second-order valence-electron chi connectivity index (χ2n) is 6.56. The maximum atomic E-state index is 13.1. The van der Waals surface area contributed by atoms with Crippen LogP contribution in [0.2, 0.25) is 0 Å². The van der Waals surface area contributed by atoms with Gasteiger partial charge in [0.1, 0.15) is 16.5 Å². The van der Waals surface area contributed by atoms with Crippen LogP contribution in [0.3, 0.4) is 0 Å². The molecule has 0 aromatic heterocycles. The summed E-state index contributed by atoms with van der Waals surface area (Å²) >= 11 is 0. The van der Waals surface area contributed by atoms with E-state index in [1.807, 2.05) is 0 Å². The number of nitrogens with zero attached hydrogens (tertiary/aromatic N) is 2. The molecule has 0 saturated carbocycles. The summed E-state index contributed by atoms with van der Waals surface area (Å²) in [7, 11) is -2.88. The number of methoxy groups -OCH3 is 1. The Bertz CT molecular complexity index is 1280. The molecule has 2 N–H and O–H groups in total. The maximum absolute atomic E-state index is 13.1. The lowest BCUT2D eigenvalue weighted by molar-refractivity contribution is -0.385. The molecule has 3 rings (SSSR count). The van der Waals surface area contributed by atoms with Crippen molar-refractivity contribution in [3.8, 4) is 5.75 Å². The van der Waals surface area contributed by atoms with Gasteiger partial charge in [0.2, 0.25) is 0 Å². The normalized spacial score (nSPS) is 11.7. The Morgan fingerprint density at radius 1 is 1.06 bits per heavy atom. The fraction of sp³-hybridized carbons (Fsp3) is 0.0952. The van der Waals surface area contributed by atoms with E-state index >= 15 is 0 Å². The van der Waals surface area contributed by atoms with Gasteiger partial charge in [-0.25, -0.2) is 12.8 Å². The first kappa shape index (κ1) is 22.7. The zero-order valence-electron chi connectivity index (χ0n) is 17.1. The smallest absolute Gasteiger partial charge is 0.270 e. The van der Waals surface area contributed by atoms with Crippen molar-refractivity contribution >= 4 is 32.8 Å². The molecule has 0 amide bonds. The Morgan fingerprint density at radius 3 is 2.41 bits per heavy atom. The minimum absolute atomic E-state index is 0.0134. The fourth-order valence-corrected chi connectivity index (χ4v) is 4.01. The summed E-state index contributed by atoms with van der Waals surface area (Å²) in [4.78, 5) is 10.1. The molecule has 0 fully saturated rings. The number of hydrogen-bond donors (Lipinski definition) is 2. The van der Waals surface area contributed by atoms with E-state index < -0.39 is 26.5 Å². The van der Waals surface area contributed by atoms with Crippen molar-refractivity contribution in [2.45, 2.75) is 11.8 Å². The largest absolute Gasteiger partial charge is 0.495 e. The highest BCUT2D eigenvalue weighted by molar-refractivity contribution is 7.93. The van der Waals surface area contributed by atoms with Gasteiger partial charge in [-0.15, -0.1) is 0 Å². The van der Waals surface area contributed by atoms with Gasteiger partial charge in [0.05, 0.1) is 29.1 Å². The van der Waals surface area contributed by atoms with E-state index in [1.165, 1.54) is 43.5 Å². The highest BCUT2D eigenvalue weighted by Gasteiger charge is 2.24. The first-order chi connectivity index (χ1) is 15.2. The third-order valence-corrected chi connectivity index (χ3v) is 5.83. The number of halogens is 1. The van der Waals surface area contributed by atoms with Crippen LogP contribution in [0.1, 0.15) is 12.5 Å². The Kier molecular flexibility index (Phi) is 6.69. The molecule has 3 aromatic carbocycles. The van der Waals surface area contributed by atoms with Gasteiger partial charge in [-0.1, -0.05) is 24.3 Å². The number of ether oxygens (including phenoxy) is 1. The molecule has 11 heteroatoms. The third-order valence-electron chi connectivity index (χ3n) is 4.42. The standard InChI is InChI=1S/C21H19FN4O5S/c1-14(15-7-9-16(22)10-8-15)23-24-19-12-11-17(26(27)28)13-21(19)32(29,30)25-18-5-3-4-6-20(18)31-2/h3-13,24-25H,1-2H3. The summed E-state index contributed by atoms with van der Waals surface area (Å²) in [5.41, 5.74) is 3.46. The topological polar surface area (TPSA) is 123 Å². The molecule has 0 radical (unpaired) electrons. The third kappa shape index (κ3) is 5.19. The summed E-state index contributed by atoms with van der Waals surface area (Å²) in [6, 6.07) is 15.3. The number of hydrogen-bond acceptors (Lipinski definition) is 7. The van der Waals surface area contributed by atoms with Gasteiger partial charge in [0.15, 0.2) is 0 Å². The average molecular weight is 458 g/mol. The summed E-state index contributed by atoms with van der Waals surface area (Å²) in [5, 5.41) is 15.4. The highest BCUT2D eigenvalue weighted by Crippen LogP contribution is 2.31. The second kappa shape index (κ2) is 9.43. The molecule has 32 heavy (non-hydrogen) atoms. The van der Waals surface area contributed by atoms with Crippen LogP contribution < -0.4 is 14.9 Å². The molecule has 0 bridgehead atoms. The first-order valence-corrected chi connectivity index (χ1v) is 10.7. The molecule has 3 aromatic rings. The predicted molar refractivity (Wildman–Crippen MR) is 119 cm³/mol. The Labute approximate surface area is 183 Å². The Morgan fingerprint density at radius 2 is 1.75 bits per heavy atom. The predicted octanol–water partition coefficient (Wildman–Crippen LogP) is 4.38. The number of nitro benzene ring substituents is 1. The molecule has 0 heterocycles. The van der Waals surface area contributed by atoms with Crippen molar-refractivity contribution in [2.75, 3.05) is 17.3 Å². The molecule has 0 spiro atoms. The van der Waals surface area contributed by atoms with Crippen LogP contribution in [0.5, 0.6) is 5.75 Å². The van der Waals surface area contributed by atoms with Crippen LogP contribution in [0.15, 0.2) is 76.7 Å². The number of nitro groups is 1. The van der Waals surface area contributed by atoms with Crippen molar-refractivity contribution in [2.24, 2.45) is 5.10 Å². The monoisotopic (exact) mass is 458 g/mol. The van der Waals surface area contributed by atoms with E-state index in [-0.39, 0.29) is 22.0 Å². The molecule has 0 aliphatic rings. The molecule has 0 saturated heterocycles. The van der Waals surface area contributed by atoms with Gasteiger partial charge >= 0.3 is 0 Å². The van der Waals surface area contributed by atoms with E-state index in [1.54, 1.807) is 25.1 Å². The van der Waals surface area contributed by atoms with E-state index in [0.717, 1.165) is 12.1 Å². The van der Waals surface area contributed by atoms with Crippen LogP contribution in [0.25, 0.3) is 0 Å². The summed E-state index contributed by atoms with van der Waals surface area (Å²) in [6.07, 6.45) is 0. The van der Waals surface area contributed by atoms with Crippen molar-refractivity contribution in [3.05, 3.63) is 88.2 Å². The number of nitrogens with one attached hydrogen (secondary N) is 2. The molecular formula is C21H19FN4O5S. The quantitative estimate of drug-likeness (QED) is 0.293. The van der Waals surface area contributed by atoms with Crippen LogP contribution >= 0.6 is 0 Å². The van der Waals surface area contributed by atoms with Crippen molar-refractivity contribution in [1.82, 2.24) is 0 Å². The summed E-state index contributed by atoms with van der Waals surface area (Å²) in [6.45, 7) is 1.65. The lowest BCUT2D eigenvalue weighted by Gasteiger charge is -2.14. The summed E-state index contributed by atoms with van der Waals surface area (Å²) < 4.78 is 46.9. The molecule has 166 valence electrons. The van der Waals surface area contributed by atoms with Gasteiger partial charge < -0.3 is 4.74 Å². The molecule has 9 nitrogen and oxygen atoms in total. The Balaban J connectivity index is 2.00. The molecular weight excluding hydrogens is 439 g/mol. The number of sulfonamides is 1. The van der Waals surface area contributed by atoms with E-state index in [0.29, 0.717) is 11.3 Å². The highest BCUT2D eigenvalue weighted by atomic mass is 32.2. The van der Waals surface area contributed by atoms with E-state index in [2.05, 4.69) is 15.2 Å². The molecule has 0 aliphatic heterocycles. The number of rotatable bonds is 8. The van der Waals surface area contributed by atoms with Gasteiger partial charge in [-0.05, 0) is 42.8 Å². The van der Waals surface area contributed by atoms with Crippen molar-refractivity contribution in [3.63, 3.8) is 0 Å². The van der Waals surface area contributed by atoms with Crippen LogP contribution in [0, 0.1) is 15.9 Å². The molecule has 0 aliphatic carbocycles. The zero-order valence-corrected chi connectivity index (χ0v) is 17.9. The van der Waals surface area contributed by atoms with Gasteiger partial charge in [-0.2, -0.15) is 5.10 Å². The lowest BCUT2D eigenvalue weighted by atomic mass is 10.1. The van der Waals surface area contributed by atoms with Gasteiger partial charge in [-0.3, -0.25) is 20.3 Å². The number of non-ortho nitro benzene ring substituents is 1. The maximum Gasteiger partial charge on any atom is 0.270 e. The number of hydrazone groups is 1. The van der Waals surface area contributed by atoms with Crippen LogP contribution in [-0.2, 0) is 10.0 Å². The lowest BCUT2D eigenvalue weighted by Crippen LogP contribution is -2.16. The van der Waals surface area contributed by atoms with Gasteiger partial charge in [0, 0.05) is 12.1 Å². The zero-order chi connectivity index (χ0) is 23.3. The van der Waals surface area contributed by atoms with Crippen LogP contribution in [0.4, 0.5) is 21.5 Å². The van der Waals surface area contributed by atoms with Crippen LogP contribution in [-0.4, -0.2) is 26.2 Å². The minimum Gasteiger partial charge on any atom is -0.495 e. The molecule has 0 atom stereocenters. The first-order valence-electron chi connectivity index (χ1n) is 9.22. The van der Waals surface area contributed by atoms with Crippen molar-refractivity contribution in [1.29, 1.82) is 0 Å². The second-order valence-corrected chi connectivity index (χ2v) is 8.21. The van der Waals surface area contributed by atoms with Gasteiger partial charge in [0.25, 0.3) is 15.7 Å². The molecule has 0 unspecified atom stereocenters. The number of benzene rings is 3. The minimum atomic E-state index is -4.27. The van der Waals surface area contributed by atoms with E-state index in [4.69, 9.17) is 4.74 Å². The Hall–Kier alpha value is -3.99. The van der Waals surface area contributed by atoms with Crippen molar-refractivity contribution < 1.29 is 22.5 Å². The number of para-hydroxylation sites is 2. The van der Waals surface area contributed by atoms with E-state index in [9.17, 15) is 22.9 Å². The number of anilines is 2. The fourth-order valence-electron chi connectivity index (χ4n) is 2.77. The average Bonchev–Trinajstić information content (AvgIpc) is 2.77.